The van der Waals surface area contributed by atoms with E-state index in [2.05, 4.69) is 10.6 Å². The highest BCUT2D eigenvalue weighted by Crippen LogP contribution is 2.26. The number of hydrogen-bond donors (Lipinski definition) is 3. The molecule has 2 aliphatic rings. The molecule has 0 bridgehead atoms. The highest BCUT2D eigenvalue weighted by atomic mass is 16.2. The number of nitrogens with two attached hydrogens (primary N) is 1. The lowest BCUT2D eigenvalue weighted by Gasteiger charge is -2.23. The van der Waals surface area contributed by atoms with Gasteiger partial charge in [0.1, 0.15) is 6.04 Å². The van der Waals surface area contributed by atoms with Gasteiger partial charge in [0.2, 0.25) is 17.7 Å². The van der Waals surface area contributed by atoms with Gasteiger partial charge in [-0.2, -0.15) is 0 Å². The predicted molar refractivity (Wildman–Crippen MR) is 81.7 cm³/mol. The molecule has 3 amide bonds. The number of amides is 3. The molecule has 4 N–H and O–H groups in total. The Morgan fingerprint density at radius 1 is 1.18 bits per heavy atom. The summed E-state index contributed by atoms with van der Waals surface area (Å²) in [6.07, 6.45) is 4.89. The van der Waals surface area contributed by atoms with Crippen LogP contribution in [0, 0.1) is 5.92 Å². The number of nitrogens with one attached hydrogen (secondary N) is 2. The van der Waals surface area contributed by atoms with E-state index in [0.717, 1.165) is 25.7 Å². The second-order valence-electron chi connectivity index (χ2n) is 6.20. The van der Waals surface area contributed by atoms with Gasteiger partial charge in [-0.25, -0.2) is 0 Å². The van der Waals surface area contributed by atoms with Crippen LogP contribution < -0.4 is 16.4 Å². The van der Waals surface area contributed by atoms with E-state index in [-0.39, 0.29) is 36.2 Å². The Balaban J connectivity index is 1.77. The Bertz CT molecular complexity index is 441. The van der Waals surface area contributed by atoms with Gasteiger partial charge in [0.15, 0.2) is 0 Å². The Labute approximate surface area is 131 Å². The number of likely N-dealkylation sites (N-methyl/N-ethyl adjacent to an activating group) is 1. The first-order valence-electron chi connectivity index (χ1n) is 8.06. The Morgan fingerprint density at radius 2 is 1.95 bits per heavy atom. The highest BCUT2D eigenvalue weighted by molar-refractivity contribution is 5.90. The van der Waals surface area contributed by atoms with Crippen LogP contribution in [0.25, 0.3) is 0 Å². The molecule has 0 aromatic heterocycles. The predicted octanol–water partition coefficient (Wildman–Crippen LogP) is -0.643. The molecule has 1 heterocycles. The van der Waals surface area contributed by atoms with Gasteiger partial charge in [-0.3, -0.25) is 14.4 Å². The third-order valence-electron chi connectivity index (χ3n) is 4.72. The van der Waals surface area contributed by atoms with Gasteiger partial charge < -0.3 is 21.3 Å². The minimum atomic E-state index is -0.405. The lowest BCUT2D eigenvalue weighted by Crippen LogP contribution is -2.48. The quantitative estimate of drug-likeness (QED) is 0.628. The number of carbonyl (C=O) groups is 3. The molecule has 124 valence electrons. The van der Waals surface area contributed by atoms with Gasteiger partial charge in [0.05, 0.1) is 6.54 Å². The molecule has 0 aromatic rings. The minimum Gasteiger partial charge on any atom is -0.357 e. The molecule has 0 radical (unpaired) electrons. The molecule has 3 atom stereocenters. The molecule has 0 spiro atoms. The number of likely N-dealkylation sites (tertiary alicyclic amines) is 1. The van der Waals surface area contributed by atoms with Crippen molar-refractivity contribution < 1.29 is 14.4 Å². The maximum absolute atomic E-state index is 12.2. The molecular weight excluding hydrogens is 284 g/mol. The third-order valence-corrected chi connectivity index (χ3v) is 4.72. The van der Waals surface area contributed by atoms with Gasteiger partial charge in [0, 0.05) is 26.1 Å². The van der Waals surface area contributed by atoms with Crippen LogP contribution in [0.4, 0.5) is 0 Å². The van der Waals surface area contributed by atoms with Crippen molar-refractivity contribution >= 4 is 17.7 Å². The fourth-order valence-corrected chi connectivity index (χ4v) is 3.41. The third kappa shape index (κ3) is 3.97. The lowest BCUT2D eigenvalue weighted by atomic mass is 10.00. The zero-order valence-electron chi connectivity index (χ0n) is 13.1. The molecule has 2 fully saturated rings. The van der Waals surface area contributed by atoms with E-state index in [1.54, 1.807) is 11.9 Å². The van der Waals surface area contributed by atoms with Crippen molar-refractivity contribution in [2.24, 2.45) is 11.7 Å². The van der Waals surface area contributed by atoms with Crippen LogP contribution >= 0.6 is 0 Å². The van der Waals surface area contributed by atoms with Gasteiger partial charge in [0.25, 0.3) is 0 Å². The first-order valence-corrected chi connectivity index (χ1v) is 8.06. The molecule has 1 saturated heterocycles. The Kier molecular flexibility index (Phi) is 5.76. The second-order valence-corrected chi connectivity index (χ2v) is 6.20. The van der Waals surface area contributed by atoms with Gasteiger partial charge in [-0.1, -0.05) is 6.42 Å². The zero-order valence-corrected chi connectivity index (χ0v) is 13.1. The van der Waals surface area contributed by atoms with E-state index >= 15 is 0 Å². The smallest absolute Gasteiger partial charge is 0.242 e. The van der Waals surface area contributed by atoms with E-state index in [1.165, 1.54) is 0 Å². The molecule has 1 saturated carbocycles. The molecule has 1 aliphatic carbocycles. The summed E-state index contributed by atoms with van der Waals surface area (Å²) in [5, 5.41) is 5.24. The fourth-order valence-electron chi connectivity index (χ4n) is 3.41. The minimum absolute atomic E-state index is 0.0473. The second kappa shape index (κ2) is 7.58. The van der Waals surface area contributed by atoms with E-state index in [9.17, 15) is 14.4 Å². The SMILES string of the molecule is CNC(=O)C1CCCN1C(=O)CNC(=O)C[C@@H]1CCC[C@H]1N. The van der Waals surface area contributed by atoms with Crippen LogP contribution in [-0.4, -0.2) is 54.8 Å². The Hall–Kier alpha value is -1.63. The molecule has 7 nitrogen and oxygen atoms in total. The van der Waals surface area contributed by atoms with Crippen LogP contribution in [0.15, 0.2) is 0 Å². The number of nitrogens with zero attached hydrogens (tertiary/aromatic N) is 1. The van der Waals surface area contributed by atoms with Crippen molar-refractivity contribution in [3.05, 3.63) is 0 Å². The fraction of sp³-hybridized carbons (Fsp3) is 0.800. The molecule has 22 heavy (non-hydrogen) atoms. The summed E-state index contributed by atoms with van der Waals surface area (Å²) < 4.78 is 0. The zero-order chi connectivity index (χ0) is 16.1. The molecule has 2 rings (SSSR count). The standard InChI is InChI=1S/C15H26N4O3/c1-17-15(22)12-6-3-7-19(12)14(21)9-18-13(20)8-10-4-2-5-11(10)16/h10-12H,2-9,16H2,1H3,(H,17,22)(H,18,20)/t10-,11+,12?/m0/s1. The first kappa shape index (κ1) is 16.7. The molecule has 1 unspecified atom stereocenters. The van der Waals surface area contributed by atoms with Gasteiger partial charge in [-0.15, -0.1) is 0 Å². The van der Waals surface area contributed by atoms with Crippen molar-refractivity contribution in [1.29, 1.82) is 0 Å². The Morgan fingerprint density at radius 3 is 2.59 bits per heavy atom. The number of rotatable bonds is 5. The van der Waals surface area contributed by atoms with Crippen molar-refractivity contribution in [3.8, 4) is 0 Å². The molecule has 7 heteroatoms. The van der Waals surface area contributed by atoms with Crippen molar-refractivity contribution in [2.45, 2.75) is 50.6 Å². The average Bonchev–Trinajstić information content (AvgIpc) is 3.14. The summed E-state index contributed by atoms with van der Waals surface area (Å²) in [6.45, 7) is 0.522. The maximum Gasteiger partial charge on any atom is 0.242 e. The lowest BCUT2D eigenvalue weighted by molar-refractivity contribution is -0.138. The normalized spacial score (nSPS) is 27.7. The van der Waals surface area contributed by atoms with E-state index in [1.807, 2.05) is 0 Å². The van der Waals surface area contributed by atoms with Crippen molar-refractivity contribution in [1.82, 2.24) is 15.5 Å². The molecule has 0 aromatic carbocycles. The van der Waals surface area contributed by atoms with Gasteiger partial charge in [-0.05, 0) is 31.6 Å². The van der Waals surface area contributed by atoms with E-state index in [4.69, 9.17) is 5.73 Å². The van der Waals surface area contributed by atoms with Crippen LogP contribution in [0.2, 0.25) is 0 Å². The topological polar surface area (TPSA) is 105 Å². The summed E-state index contributed by atoms with van der Waals surface area (Å²) in [5.74, 6) is -0.254. The largest absolute Gasteiger partial charge is 0.357 e. The number of hydrogen-bond acceptors (Lipinski definition) is 4. The van der Waals surface area contributed by atoms with Crippen molar-refractivity contribution in [2.75, 3.05) is 20.1 Å². The van der Waals surface area contributed by atoms with Crippen LogP contribution in [0.3, 0.4) is 0 Å². The van der Waals surface area contributed by atoms with E-state index < -0.39 is 6.04 Å². The van der Waals surface area contributed by atoms with Crippen LogP contribution in [0.1, 0.15) is 38.5 Å². The molecular formula is C15H26N4O3. The average molecular weight is 310 g/mol. The monoisotopic (exact) mass is 310 g/mol. The first-order chi connectivity index (χ1) is 10.5. The van der Waals surface area contributed by atoms with E-state index in [0.29, 0.717) is 19.4 Å². The van der Waals surface area contributed by atoms with Crippen LogP contribution in [0.5, 0.6) is 0 Å². The summed E-state index contributed by atoms with van der Waals surface area (Å²) in [4.78, 5) is 37.4. The summed E-state index contributed by atoms with van der Waals surface area (Å²) in [5.41, 5.74) is 5.95. The van der Waals surface area contributed by atoms with Crippen molar-refractivity contribution in [3.63, 3.8) is 0 Å². The highest BCUT2D eigenvalue weighted by Gasteiger charge is 2.33. The summed E-state index contributed by atoms with van der Waals surface area (Å²) in [6, 6.07) is -0.310. The van der Waals surface area contributed by atoms with Crippen LogP contribution in [-0.2, 0) is 14.4 Å². The molecule has 1 aliphatic heterocycles. The summed E-state index contributed by atoms with van der Waals surface area (Å²) >= 11 is 0. The maximum atomic E-state index is 12.2. The summed E-state index contributed by atoms with van der Waals surface area (Å²) in [7, 11) is 1.57. The van der Waals surface area contributed by atoms with Gasteiger partial charge >= 0.3 is 0 Å². The number of carbonyl (C=O) groups excluding carboxylic acids is 3.